The van der Waals surface area contributed by atoms with Crippen molar-refractivity contribution < 1.29 is 17.9 Å². The van der Waals surface area contributed by atoms with Gasteiger partial charge in [-0.05, 0) is 19.9 Å². The second-order valence-electron chi connectivity index (χ2n) is 4.18. The number of carbonyl (C=O) groups is 1. The van der Waals surface area contributed by atoms with Crippen LogP contribution in [0.4, 0.5) is 0 Å². The van der Waals surface area contributed by atoms with Crippen LogP contribution in [0.25, 0.3) is 0 Å². The maximum Gasteiger partial charge on any atom is 0.237 e. The summed E-state index contributed by atoms with van der Waals surface area (Å²) < 4.78 is 28.3. The van der Waals surface area contributed by atoms with Crippen LogP contribution < -0.4 is 5.32 Å². The summed E-state index contributed by atoms with van der Waals surface area (Å²) in [6, 6.07) is 0. The lowest BCUT2D eigenvalue weighted by molar-refractivity contribution is -0.125. The number of nitrogens with one attached hydrogen (secondary N) is 1. The summed E-state index contributed by atoms with van der Waals surface area (Å²) in [5.41, 5.74) is 0. The molecule has 0 atom stereocenters. The summed E-state index contributed by atoms with van der Waals surface area (Å²) in [5.74, 6) is -0.812. The molecular formula is C11H24N2O4S. The lowest BCUT2D eigenvalue weighted by atomic mass is 10.4. The van der Waals surface area contributed by atoms with Gasteiger partial charge in [-0.3, -0.25) is 4.79 Å². The number of carbonyl (C=O) groups excluding carboxylic acids is 1. The first-order valence-electron chi connectivity index (χ1n) is 6.08. The van der Waals surface area contributed by atoms with Crippen molar-refractivity contribution in [2.75, 3.05) is 51.9 Å². The first kappa shape index (κ1) is 17.3. The van der Waals surface area contributed by atoms with E-state index in [2.05, 4.69) is 5.32 Å². The van der Waals surface area contributed by atoms with E-state index in [9.17, 15) is 13.2 Å². The van der Waals surface area contributed by atoms with E-state index in [1.54, 1.807) is 14.1 Å². The first-order valence-corrected chi connectivity index (χ1v) is 7.90. The van der Waals surface area contributed by atoms with Crippen LogP contribution in [0.1, 0.15) is 13.3 Å². The fourth-order valence-corrected chi connectivity index (χ4v) is 2.42. The van der Waals surface area contributed by atoms with Gasteiger partial charge >= 0.3 is 0 Å². The predicted molar refractivity (Wildman–Crippen MR) is 71.3 cm³/mol. The molecule has 0 spiro atoms. The lowest BCUT2D eigenvalue weighted by Crippen LogP contribution is -2.33. The van der Waals surface area contributed by atoms with Crippen LogP contribution in [0.15, 0.2) is 0 Å². The number of nitrogens with zero attached hydrogens (tertiary/aromatic N) is 1. The fraction of sp³-hybridized carbons (Fsp3) is 0.909. The molecule has 0 saturated heterocycles. The van der Waals surface area contributed by atoms with Gasteiger partial charge in [0, 0.05) is 33.9 Å². The smallest absolute Gasteiger partial charge is 0.237 e. The number of hydrogen-bond donors (Lipinski definition) is 1. The number of amides is 1. The second-order valence-corrected chi connectivity index (χ2v) is 6.36. The molecule has 0 aromatic heterocycles. The van der Waals surface area contributed by atoms with Crippen LogP contribution in [0.3, 0.4) is 0 Å². The quantitative estimate of drug-likeness (QED) is 0.546. The Hall–Kier alpha value is -0.660. The first-order chi connectivity index (χ1) is 8.39. The second kappa shape index (κ2) is 9.29. The van der Waals surface area contributed by atoms with Gasteiger partial charge in [0.1, 0.15) is 5.75 Å². The van der Waals surface area contributed by atoms with Gasteiger partial charge in [0.15, 0.2) is 9.84 Å². The molecule has 0 unspecified atom stereocenters. The summed E-state index contributed by atoms with van der Waals surface area (Å²) in [6.45, 7) is 4.39. The highest BCUT2D eigenvalue weighted by molar-refractivity contribution is 7.92. The minimum atomic E-state index is -3.31. The van der Waals surface area contributed by atoms with Crippen molar-refractivity contribution in [1.82, 2.24) is 10.2 Å². The highest BCUT2D eigenvalue weighted by Crippen LogP contribution is 1.92. The Morgan fingerprint density at radius 1 is 1.28 bits per heavy atom. The monoisotopic (exact) mass is 280 g/mol. The molecule has 0 aliphatic carbocycles. The molecule has 0 bridgehead atoms. The molecule has 7 heteroatoms. The summed E-state index contributed by atoms with van der Waals surface area (Å²) in [6.07, 6.45) is 0.852. The normalized spacial score (nSPS) is 11.5. The zero-order valence-corrected chi connectivity index (χ0v) is 12.3. The van der Waals surface area contributed by atoms with Gasteiger partial charge in [0.05, 0.1) is 5.75 Å². The van der Waals surface area contributed by atoms with Crippen LogP contribution in [0.2, 0.25) is 0 Å². The Kier molecular flexibility index (Phi) is 8.95. The van der Waals surface area contributed by atoms with Crippen molar-refractivity contribution in [2.45, 2.75) is 13.3 Å². The number of rotatable bonds is 10. The maximum absolute atomic E-state index is 11.6. The predicted octanol–water partition coefficient (Wildman–Crippen LogP) is -0.494. The van der Waals surface area contributed by atoms with Crippen molar-refractivity contribution in [3.8, 4) is 0 Å². The molecule has 0 aliphatic rings. The van der Waals surface area contributed by atoms with Gasteiger partial charge < -0.3 is 15.0 Å². The Balaban J connectivity index is 3.68. The van der Waals surface area contributed by atoms with Crippen LogP contribution in [-0.2, 0) is 19.4 Å². The molecule has 0 fully saturated rings. The minimum absolute atomic E-state index is 0.0127. The molecule has 1 N–H and O–H groups in total. The third kappa shape index (κ3) is 9.38. The van der Waals surface area contributed by atoms with Gasteiger partial charge in [-0.25, -0.2) is 8.42 Å². The van der Waals surface area contributed by atoms with E-state index in [1.807, 2.05) is 6.92 Å². The van der Waals surface area contributed by atoms with E-state index in [-0.39, 0.29) is 11.7 Å². The molecule has 0 heterocycles. The third-order valence-corrected chi connectivity index (χ3v) is 3.79. The molecule has 0 aromatic rings. The highest BCUT2D eigenvalue weighted by atomic mass is 32.2. The molecule has 0 radical (unpaired) electrons. The molecule has 6 nitrogen and oxygen atoms in total. The third-order valence-electron chi connectivity index (χ3n) is 2.28. The van der Waals surface area contributed by atoms with Gasteiger partial charge in [-0.1, -0.05) is 0 Å². The summed E-state index contributed by atoms with van der Waals surface area (Å²) in [7, 11) is -0.217. The van der Waals surface area contributed by atoms with Gasteiger partial charge in [0.25, 0.3) is 0 Å². The van der Waals surface area contributed by atoms with E-state index < -0.39 is 15.6 Å². The number of hydrogen-bond acceptors (Lipinski definition) is 5. The summed E-state index contributed by atoms with van der Waals surface area (Å²) in [5, 5.41) is 3.02. The van der Waals surface area contributed by atoms with Crippen molar-refractivity contribution in [2.24, 2.45) is 0 Å². The SMILES string of the molecule is CCOCCCNCCS(=O)(=O)CC(=O)N(C)C. The fourth-order valence-electron chi connectivity index (χ4n) is 1.19. The standard InChI is InChI=1S/C11H24N2O4S/c1-4-17-8-5-6-12-7-9-18(15,16)10-11(14)13(2)3/h12H,4-10H2,1-3H3. The minimum Gasteiger partial charge on any atom is -0.382 e. The van der Waals surface area contributed by atoms with Crippen LogP contribution in [0, 0.1) is 0 Å². The summed E-state index contributed by atoms with van der Waals surface area (Å²) in [4.78, 5) is 12.6. The van der Waals surface area contributed by atoms with Crippen molar-refractivity contribution in [3.05, 3.63) is 0 Å². The molecule has 0 rings (SSSR count). The molecule has 1 amide bonds. The zero-order valence-electron chi connectivity index (χ0n) is 11.4. The summed E-state index contributed by atoms with van der Waals surface area (Å²) >= 11 is 0. The van der Waals surface area contributed by atoms with E-state index in [0.717, 1.165) is 13.0 Å². The van der Waals surface area contributed by atoms with Gasteiger partial charge in [-0.2, -0.15) is 0 Å². The number of sulfone groups is 1. The van der Waals surface area contributed by atoms with E-state index in [1.165, 1.54) is 4.90 Å². The average molecular weight is 280 g/mol. The van der Waals surface area contributed by atoms with Gasteiger partial charge in [0.2, 0.25) is 5.91 Å². The maximum atomic E-state index is 11.6. The van der Waals surface area contributed by atoms with Crippen LogP contribution in [0.5, 0.6) is 0 Å². The zero-order chi connectivity index (χ0) is 14.0. The lowest BCUT2D eigenvalue weighted by Gasteiger charge is -2.10. The molecular weight excluding hydrogens is 256 g/mol. The topological polar surface area (TPSA) is 75.7 Å². The highest BCUT2D eigenvalue weighted by Gasteiger charge is 2.17. The molecule has 0 aromatic carbocycles. The van der Waals surface area contributed by atoms with E-state index >= 15 is 0 Å². The van der Waals surface area contributed by atoms with E-state index in [0.29, 0.717) is 19.8 Å². The van der Waals surface area contributed by atoms with Crippen molar-refractivity contribution in [3.63, 3.8) is 0 Å². The Bertz CT molecular complexity index is 328. The molecule has 0 aliphatic heterocycles. The molecule has 0 saturated carbocycles. The van der Waals surface area contributed by atoms with Crippen LogP contribution in [-0.4, -0.2) is 71.1 Å². The largest absolute Gasteiger partial charge is 0.382 e. The van der Waals surface area contributed by atoms with E-state index in [4.69, 9.17) is 4.74 Å². The molecule has 108 valence electrons. The van der Waals surface area contributed by atoms with Crippen molar-refractivity contribution in [1.29, 1.82) is 0 Å². The molecule has 18 heavy (non-hydrogen) atoms. The van der Waals surface area contributed by atoms with Gasteiger partial charge in [-0.15, -0.1) is 0 Å². The average Bonchev–Trinajstić information content (AvgIpc) is 2.27. The Labute approximate surface area is 110 Å². The van der Waals surface area contributed by atoms with Crippen molar-refractivity contribution >= 4 is 15.7 Å². The Morgan fingerprint density at radius 2 is 1.94 bits per heavy atom. The van der Waals surface area contributed by atoms with Crippen LogP contribution >= 0.6 is 0 Å². The number of ether oxygens (including phenoxy) is 1. The Morgan fingerprint density at radius 3 is 2.50 bits per heavy atom.